The maximum atomic E-state index is 4.13. The number of hydrogen-bond acceptors (Lipinski definition) is 3. The third-order valence-electron chi connectivity index (χ3n) is 2.19. The summed E-state index contributed by atoms with van der Waals surface area (Å²) in [5.41, 5.74) is 3.38. The van der Waals surface area contributed by atoms with Gasteiger partial charge in [-0.25, -0.2) is 0 Å². The van der Waals surface area contributed by atoms with Crippen LogP contribution < -0.4 is 5.32 Å². The second-order valence-electron chi connectivity index (χ2n) is 3.24. The highest BCUT2D eigenvalue weighted by atomic mass is 14.8. The molecule has 2 aromatic heterocycles. The smallest absolute Gasteiger partial charge is 0.0350 e. The van der Waals surface area contributed by atoms with E-state index in [1.165, 1.54) is 5.56 Å². The monoisotopic (exact) mass is 198 g/mol. The van der Waals surface area contributed by atoms with Crippen LogP contribution in [0.15, 0.2) is 36.9 Å². The summed E-state index contributed by atoms with van der Waals surface area (Å²) < 4.78 is 0. The van der Waals surface area contributed by atoms with Crippen LogP contribution in [-0.4, -0.2) is 17.0 Å². The fraction of sp³-hybridized carbons (Fsp3) is 0.167. The molecule has 0 aromatic carbocycles. The highest BCUT2D eigenvalue weighted by molar-refractivity contribution is 5.65. The average Bonchev–Trinajstić information content (AvgIpc) is 2.31. The number of aromatic nitrogens is 2. The van der Waals surface area contributed by atoms with Crippen LogP contribution in [0, 0.1) is 6.07 Å². The molecule has 0 aliphatic rings. The second kappa shape index (κ2) is 4.66. The Labute approximate surface area is 89.2 Å². The van der Waals surface area contributed by atoms with Crippen LogP contribution in [-0.2, 0) is 6.54 Å². The van der Waals surface area contributed by atoms with Crippen molar-refractivity contribution < 1.29 is 0 Å². The van der Waals surface area contributed by atoms with Gasteiger partial charge >= 0.3 is 0 Å². The van der Waals surface area contributed by atoms with E-state index in [2.05, 4.69) is 21.4 Å². The highest BCUT2D eigenvalue weighted by Gasteiger charge is 2.03. The van der Waals surface area contributed by atoms with E-state index in [9.17, 15) is 0 Å². The SMILES string of the molecule is CNCc1ccncc1-c1c[c]cnc1. The lowest BCUT2D eigenvalue weighted by Crippen LogP contribution is -2.06. The minimum atomic E-state index is 0.826. The van der Waals surface area contributed by atoms with Crippen molar-refractivity contribution in [1.29, 1.82) is 0 Å². The summed E-state index contributed by atoms with van der Waals surface area (Å²) in [6.07, 6.45) is 7.14. The zero-order valence-corrected chi connectivity index (χ0v) is 8.57. The molecule has 0 saturated carbocycles. The zero-order valence-electron chi connectivity index (χ0n) is 8.57. The van der Waals surface area contributed by atoms with Crippen molar-refractivity contribution >= 4 is 0 Å². The van der Waals surface area contributed by atoms with Gasteiger partial charge in [0.15, 0.2) is 0 Å². The van der Waals surface area contributed by atoms with E-state index in [1.54, 1.807) is 12.4 Å². The lowest BCUT2D eigenvalue weighted by molar-refractivity contribution is 0.817. The minimum Gasteiger partial charge on any atom is -0.316 e. The van der Waals surface area contributed by atoms with Gasteiger partial charge in [-0.05, 0) is 24.7 Å². The molecule has 15 heavy (non-hydrogen) atoms. The summed E-state index contributed by atoms with van der Waals surface area (Å²) in [5.74, 6) is 0. The summed E-state index contributed by atoms with van der Waals surface area (Å²) in [6, 6.07) is 6.90. The molecule has 3 nitrogen and oxygen atoms in total. The molecule has 0 atom stereocenters. The van der Waals surface area contributed by atoms with Crippen LogP contribution in [0.4, 0.5) is 0 Å². The molecule has 2 rings (SSSR count). The van der Waals surface area contributed by atoms with E-state index in [4.69, 9.17) is 0 Å². The van der Waals surface area contributed by atoms with Crippen molar-refractivity contribution in [3.8, 4) is 11.1 Å². The molecule has 3 heteroatoms. The lowest BCUT2D eigenvalue weighted by atomic mass is 10.0. The van der Waals surface area contributed by atoms with E-state index in [1.807, 2.05) is 31.6 Å². The first-order chi connectivity index (χ1) is 7.42. The minimum absolute atomic E-state index is 0.826. The zero-order chi connectivity index (χ0) is 10.5. The maximum Gasteiger partial charge on any atom is 0.0350 e. The summed E-state index contributed by atoms with van der Waals surface area (Å²) in [6.45, 7) is 0.826. The standard InChI is InChI=1S/C12H12N3/c1-13-7-11-4-6-15-9-12(11)10-3-2-5-14-8-10/h3-6,8-9,13H,7H2,1H3. The van der Waals surface area contributed by atoms with Crippen molar-refractivity contribution in [1.82, 2.24) is 15.3 Å². The van der Waals surface area contributed by atoms with E-state index in [0.29, 0.717) is 0 Å². The largest absolute Gasteiger partial charge is 0.316 e. The second-order valence-corrected chi connectivity index (χ2v) is 3.24. The normalized spacial score (nSPS) is 10.2. The molecule has 0 amide bonds. The molecule has 0 aliphatic heterocycles. The van der Waals surface area contributed by atoms with Gasteiger partial charge in [0.1, 0.15) is 0 Å². The topological polar surface area (TPSA) is 37.8 Å². The molecular weight excluding hydrogens is 186 g/mol. The van der Waals surface area contributed by atoms with E-state index < -0.39 is 0 Å². The van der Waals surface area contributed by atoms with Gasteiger partial charge in [0, 0.05) is 48.5 Å². The molecule has 0 bridgehead atoms. The molecule has 0 fully saturated rings. The van der Waals surface area contributed by atoms with Crippen LogP contribution >= 0.6 is 0 Å². The Bertz CT molecular complexity index is 426. The number of nitrogens with zero attached hydrogens (tertiary/aromatic N) is 2. The molecule has 1 radical (unpaired) electrons. The molecular formula is C12H12N3. The molecule has 2 aromatic rings. The average molecular weight is 198 g/mol. The predicted octanol–water partition coefficient (Wildman–Crippen LogP) is 1.66. The number of nitrogens with one attached hydrogen (secondary N) is 1. The first-order valence-electron chi connectivity index (χ1n) is 4.81. The van der Waals surface area contributed by atoms with Gasteiger partial charge in [0.2, 0.25) is 0 Å². The summed E-state index contributed by atoms with van der Waals surface area (Å²) in [4.78, 5) is 8.19. The Morgan fingerprint density at radius 3 is 3.00 bits per heavy atom. The quantitative estimate of drug-likeness (QED) is 0.815. The van der Waals surface area contributed by atoms with Crippen molar-refractivity contribution in [3.63, 3.8) is 0 Å². The maximum absolute atomic E-state index is 4.13. The summed E-state index contributed by atoms with van der Waals surface area (Å²) in [7, 11) is 1.93. The van der Waals surface area contributed by atoms with E-state index in [-0.39, 0.29) is 0 Å². The fourth-order valence-corrected chi connectivity index (χ4v) is 1.50. The number of hydrogen-bond donors (Lipinski definition) is 1. The first kappa shape index (κ1) is 9.80. The van der Waals surface area contributed by atoms with Crippen LogP contribution in [0.3, 0.4) is 0 Å². The van der Waals surface area contributed by atoms with E-state index >= 15 is 0 Å². The first-order valence-corrected chi connectivity index (χ1v) is 4.81. The van der Waals surface area contributed by atoms with Crippen LogP contribution in [0.25, 0.3) is 11.1 Å². The van der Waals surface area contributed by atoms with Crippen molar-refractivity contribution in [3.05, 3.63) is 48.5 Å². The fourth-order valence-electron chi connectivity index (χ4n) is 1.50. The number of pyridine rings is 2. The molecule has 75 valence electrons. The Balaban J connectivity index is 2.43. The van der Waals surface area contributed by atoms with Crippen LogP contribution in [0.1, 0.15) is 5.56 Å². The van der Waals surface area contributed by atoms with Crippen molar-refractivity contribution in [2.24, 2.45) is 0 Å². The van der Waals surface area contributed by atoms with Gasteiger partial charge < -0.3 is 5.32 Å². The van der Waals surface area contributed by atoms with Gasteiger partial charge in [0.25, 0.3) is 0 Å². The Morgan fingerprint density at radius 2 is 2.27 bits per heavy atom. The number of rotatable bonds is 3. The van der Waals surface area contributed by atoms with Crippen LogP contribution in [0.5, 0.6) is 0 Å². The van der Waals surface area contributed by atoms with Gasteiger partial charge in [-0.15, -0.1) is 0 Å². The van der Waals surface area contributed by atoms with Crippen molar-refractivity contribution in [2.45, 2.75) is 6.54 Å². The Kier molecular flexibility index (Phi) is 3.05. The summed E-state index contributed by atoms with van der Waals surface area (Å²) in [5, 5.41) is 3.14. The van der Waals surface area contributed by atoms with Gasteiger partial charge in [-0.2, -0.15) is 0 Å². The molecule has 1 N–H and O–H groups in total. The third kappa shape index (κ3) is 2.19. The molecule has 0 saturated heterocycles. The molecule has 0 unspecified atom stereocenters. The predicted molar refractivity (Wildman–Crippen MR) is 59.1 cm³/mol. The summed E-state index contributed by atoms with van der Waals surface area (Å²) >= 11 is 0. The molecule has 0 aliphatic carbocycles. The lowest BCUT2D eigenvalue weighted by Gasteiger charge is -2.07. The van der Waals surface area contributed by atoms with Crippen LogP contribution in [0.2, 0.25) is 0 Å². The van der Waals surface area contributed by atoms with E-state index in [0.717, 1.165) is 17.7 Å². The molecule has 0 spiro atoms. The Hall–Kier alpha value is -1.74. The third-order valence-corrected chi connectivity index (χ3v) is 2.19. The Morgan fingerprint density at radius 1 is 1.33 bits per heavy atom. The van der Waals surface area contributed by atoms with Gasteiger partial charge in [0.05, 0.1) is 0 Å². The molecule has 2 heterocycles. The van der Waals surface area contributed by atoms with Gasteiger partial charge in [-0.3, -0.25) is 9.97 Å². The van der Waals surface area contributed by atoms with Gasteiger partial charge in [-0.1, -0.05) is 0 Å². The highest BCUT2D eigenvalue weighted by Crippen LogP contribution is 2.20. The van der Waals surface area contributed by atoms with Crippen molar-refractivity contribution in [2.75, 3.05) is 7.05 Å².